The lowest BCUT2D eigenvalue weighted by Crippen LogP contribution is -2.38. The van der Waals surface area contributed by atoms with Gasteiger partial charge in [0, 0.05) is 16.2 Å². The first-order chi connectivity index (χ1) is 9.13. The van der Waals surface area contributed by atoms with Crippen LogP contribution in [0.3, 0.4) is 0 Å². The van der Waals surface area contributed by atoms with E-state index in [9.17, 15) is 4.79 Å². The predicted octanol–water partition coefficient (Wildman–Crippen LogP) is 3.56. The van der Waals surface area contributed by atoms with Crippen LogP contribution in [-0.4, -0.2) is 18.5 Å². The Kier molecular flexibility index (Phi) is 5.40. The van der Waals surface area contributed by atoms with Crippen molar-refractivity contribution in [2.45, 2.75) is 38.6 Å². The van der Waals surface area contributed by atoms with Gasteiger partial charge in [-0.3, -0.25) is 4.79 Å². The first kappa shape index (κ1) is 14.5. The highest BCUT2D eigenvalue weighted by Crippen LogP contribution is 2.23. The molecule has 4 heteroatoms. The number of benzene rings is 1. The van der Waals surface area contributed by atoms with Gasteiger partial charge in [-0.1, -0.05) is 41.8 Å². The molecule has 1 aliphatic rings. The van der Waals surface area contributed by atoms with E-state index in [1.165, 1.54) is 25.7 Å². The first-order valence-corrected chi connectivity index (χ1v) is 7.71. The Morgan fingerprint density at radius 1 is 1.42 bits per heavy atom. The van der Waals surface area contributed by atoms with Crippen LogP contribution in [0.15, 0.2) is 28.7 Å². The molecule has 1 amide bonds. The lowest BCUT2D eigenvalue weighted by atomic mass is 9.87. The van der Waals surface area contributed by atoms with Crippen LogP contribution >= 0.6 is 15.9 Å². The predicted molar refractivity (Wildman–Crippen MR) is 82.2 cm³/mol. The van der Waals surface area contributed by atoms with E-state index >= 15 is 0 Å². The Morgan fingerprint density at radius 3 is 3.00 bits per heavy atom. The SMILES string of the molecule is CC1CCCC(NCC(=O)Nc2cccc(Br)c2)C1. The van der Waals surface area contributed by atoms with E-state index in [1.54, 1.807) is 0 Å². The van der Waals surface area contributed by atoms with Crippen molar-refractivity contribution < 1.29 is 4.79 Å². The molecule has 1 aliphatic carbocycles. The minimum absolute atomic E-state index is 0.0244. The number of hydrogen-bond acceptors (Lipinski definition) is 2. The highest BCUT2D eigenvalue weighted by molar-refractivity contribution is 9.10. The number of hydrogen-bond donors (Lipinski definition) is 2. The third-order valence-electron chi connectivity index (χ3n) is 3.60. The van der Waals surface area contributed by atoms with E-state index in [2.05, 4.69) is 33.5 Å². The summed E-state index contributed by atoms with van der Waals surface area (Å²) in [6.45, 7) is 2.68. The zero-order chi connectivity index (χ0) is 13.7. The summed E-state index contributed by atoms with van der Waals surface area (Å²) in [4.78, 5) is 11.9. The molecule has 3 nitrogen and oxygen atoms in total. The second-order valence-corrected chi connectivity index (χ2v) is 6.32. The van der Waals surface area contributed by atoms with Crippen molar-refractivity contribution in [2.75, 3.05) is 11.9 Å². The van der Waals surface area contributed by atoms with Crippen LogP contribution in [0.4, 0.5) is 5.69 Å². The number of carbonyl (C=O) groups is 1. The van der Waals surface area contributed by atoms with Crippen LogP contribution in [0.25, 0.3) is 0 Å². The van der Waals surface area contributed by atoms with Gasteiger partial charge in [0.2, 0.25) is 5.91 Å². The van der Waals surface area contributed by atoms with E-state index in [4.69, 9.17) is 0 Å². The topological polar surface area (TPSA) is 41.1 Å². The Bertz CT molecular complexity index is 436. The lowest BCUT2D eigenvalue weighted by Gasteiger charge is -2.27. The molecular formula is C15H21BrN2O. The summed E-state index contributed by atoms with van der Waals surface area (Å²) in [6.07, 6.45) is 4.97. The van der Waals surface area contributed by atoms with E-state index in [-0.39, 0.29) is 5.91 Å². The highest BCUT2D eigenvalue weighted by Gasteiger charge is 2.18. The van der Waals surface area contributed by atoms with Gasteiger partial charge >= 0.3 is 0 Å². The lowest BCUT2D eigenvalue weighted by molar-refractivity contribution is -0.115. The number of amides is 1. The summed E-state index contributed by atoms with van der Waals surface area (Å²) in [5.41, 5.74) is 0.832. The molecule has 2 rings (SSSR count). The van der Waals surface area contributed by atoms with Crippen LogP contribution in [-0.2, 0) is 4.79 Å². The largest absolute Gasteiger partial charge is 0.325 e. The Hall–Kier alpha value is -0.870. The Balaban J connectivity index is 1.75. The van der Waals surface area contributed by atoms with Crippen molar-refractivity contribution in [1.82, 2.24) is 5.32 Å². The zero-order valence-electron chi connectivity index (χ0n) is 11.3. The molecule has 1 fully saturated rings. The highest BCUT2D eigenvalue weighted by atomic mass is 79.9. The van der Waals surface area contributed by atoms with Crippen molar-refractivity contribution in [3.63, 3.8) is 0 Å². The maximum absolute atomic E-state index is 11.9. The van der Waals surface area contributed by atoms with Crippen LogP contribution in [0.2, 0.25) is 0 Å². The Morgan fingerprint density at radius 2 is 2.26 bits per heavy atom. The third kappa shape index (κ3) is 4.96. The van der Waals surface area contributed by atoms with Gasteiger partial charge in [0.1, 0.15) is 0 Å². The monoisotopic (exact) mass is 324 g/mol. The number of rotatable bonds is 4. The van der Waals surface area contributed by atoms with Crippen LogP contribution in [0.5, 0.6) is 0 Å². The minimum Gasteiger partial charge on any atom is -0.325 e. The molecule has 0 radical (unpaired) electrons. The van der Waals surface area contributed by atoms with Gasteiger partial charge in [0.15, 0.2) is 0 Å². The van der Waals surface area contributed by atoms with Gasteiger partial charge in [-0.25, -0.2) is 0 Å². The van der Waals surface area contributed by atoms with E-state index in [0.717, 1.165) is 16.1 Å². The normalized spacial score (nSPS) is 23.1. The fourth-order valence-electron chi connectivity index (χ4n) is 2.63. The molecule has 1 aromatic rings. The molecule has 104 valence electrons. The van der Waals surface area contributed by atoms with Crippen molar-refractivity contribution in [2.24, 2.45) is 5.92 Å². The minimum atomic E-state index is 0.0244. The van der Waals surface area contributed by atoms with Gasteiger partial charge in [-0.05, 0) is 37.0 Å². The molecule has 0 spiro atoms. The van der Waals surface area contributed by atoms with Crippen molar-refractivity contribution in [3.8, 4) is 0 Å². The fourth-order valence-corrected chi connectivity index (χ4v) is 3.03. The van der Waals surface area contributed by atoms with Gasteiger partial charge in [0.05, 0.1) is 6.54 Å². The molecule has 0 aromatic heterocycles. The molecule has 1 saturated carbocycles. The van der Waals surface area contributed by atoms with Crippen molar-refractivity contribution in [1.29, 1.82) is 0 Å². The third-order valence-corrected chi connectivity index (χ3v) is 4.09. The van der Waals surface area contributed by atoms with Gasteiger partial charge < -0.3 is 10.6 Å². The van der Waals surface area contributed by atoms with Gasteiger partial charge in [-0.15, -0.1) is 0 Å². The Labute approximate surface area is 123 Å². The standard InChI is InChI=1S/C15H21BrN2O/c1-11-4-2-6-13(8-11)17-10-15(19)18-14-7-3-5-12(16)9-14/h3,5,7,9,11,13,17H,2,4,6,8,10H2,1H3,(H,18,19). The molecule has 2 atom stereocenters. The summed E-state index contributed by atoms with van der Waals surface area (Å²) in [5.74, 6) is 0.802. The second kappa shape index (κ2) is 7.06. The molecule has 2 unspecified atom stereocenters. The molecular weight excluding hydrogens is 304 g/mol. The fraction of sp³-hybridized carbons (Fsp3) is 0.533. The van der Waals surface area contributed by atoms with E-state index in [1.807, 2.05) is 24.3 Å². The molecule has 0 saturated heterocycles. The van der Waals surface area contributed by atoms with Crippen LogP contribution in [0.1, 0.15) is 32.6 Å². The molecule has 0 heterocycles. The molecule has 0 aliphatic heterocycles. The van der Waals surface area contributed by atoms with E-state index in [0.29, 0.717) is 12.6 Å². The quantitative estimate of drug-likeness (QED) is 0.889. The maximum Gasteiger partial charge on any atom is 0.238 e. The zero-order valence-corrected chi connectivity index (χ0v) is 12.9. The van der Waals surface area contributed by atoms with Gasteiger partial charge in [-0.2, -0.15) is 0 Å². The summed E-state index contributed by atoms with van der Waals surface area (Å²) in [5, 5.41) is 6.26. The molecule has 0 bridgehead atoms. The molecule has 19 heavy (non-hydrogen) atoms. The van der Waals surface area contributed by atoms with Gasteiger partial charge in [0.25, 0.3) is 0 Å². The smallest absolute Gasteiger partial charge is 0.238 e. The summed E-state index contributed by atoms with van der Waals surface area (Å²) < 4.78 is 0.972. The number of anilines is 1. The van der Waals surface area contributed by atoms with Crippen LogP contribution in [0, 0.1) is 5.92 Å². The van der Waals surface area contributed by atoms with Crippen molar-refractivity contribution >= 4 is 27.5 Å². The van der Waals surface area contributed by atoms with E-state index < -0.39 is 0 Å². The van der Waals surface area contributed by atoms with Crippen LogP contribution < -0.4 is 10.6 Å². The number of carbonyl (C=O) groups excluding carboxylic acids is 1. The average Bonchev–Trinajstić information content (AvgIpc) is 2.36. The first-order valence-electron chi connectivity index (χ1n) is 6.92. The summed E-state index contributed by atoms with van der Waals surface area (Å²) >= 11 is 3.39. The molecule has 1 aromatic carbocycles. The second-order valence-electron chi connectivity index (χ2n) is 5.41. The molecule has 2 N–H and O–H groups in total. The summed E-state index contributed by atoms with van der Waals surface area (Å²) in [7, 11) is 0. The maximum atomic E-state index is 11.9. The summed E-state index contributed by atoms with van der Waals surface area (Å²) in [6, 6.07) is 8.15. The number of nitrogens with one attached hydrogen (secondary N) is 2. The van der Waals surface area contributed by atoms with Crippen molar-refractivity contribution in [3.05, 3.63) is 28.7 Å². The average molecular weight is 325 g/mol. The number of halogens is 1.